The Balaban J connectivity index is 2.43. The van der Waals surface area contributed by atoms with Crippen molar-refractivity contribution in [3.05, 3.63) is 48.0 Å². The first-order chi connectivity index (χ1) is 8.25. The van der Waals surface area contributed by atoms with E-state index in [1.807, 2.05) is 42.5 Å². The molecule has 4 heteroatoms. The monoisotopic (exact) mass is 350 g/mol. The maximum atomic E-state index is 4.68. The summed E-state index contributed by atoms with van der Waals surface area (Å²) in [5.74, 6) is 0. The van der Waals surface area contributed by atoms with Crippen LogP contribution in [0.5, 0.6) is 0 Å². The van der Waals surface area contributed by atoms with Gasteiger partial charge in [-0.1, -0.05) is 56.1 Å². The van der Waals surface area contributed by atoms with E-state index in [0.717, 1.165) is 27.6 Å². The number of nitrogens with zero attached hydrogens (tertiary/aromatic N) is 2. The summed E-state index contributed by atoms with van der Waals surface area (Å²) >= 11 is 7.03. The van der Waals surface area contributed by atoms with Gasteiger partial charge in [0, 0.05) is 5.56 Å². The Bertz CT molecular complexity index is 695. The van der Waals surface area contributed by atoms with E-state index in [4.69, 9.17) is 0 Å². The highest BCUT2D eigenvalue weighted by molar-refractivity contribution is 9.24. The van der Waals surface area contributed by atoms with Crippen molar-refractivity contribution in [1.29, 1.82) is 0 Å². The Kier molecular flexibility index (Phi) is 2.84. The number of alkyl halides is 2. The highest BCUT2D eigenvalue weighted by Crippen LogP contribution is 2.33. The third-order valence-corrected chi connectivity index (χ3v) is 3.62. The van der Waals surface area contributed by atoms with Crippen LogP contribution in [0.1, 0.15) is 9.30 Å². The second kappa shape index (κ2) is 4.35. The molecule has 84 valence electrons. The van der Waals surface area contributed by atoms with Crippen LogP contribution in [0.2, 0.25) is 0 Å². The zero-order valence-electron chi connectivity index (χ0n) is 8.77. The lowest BCUT2D eigenvalue weighted by Gasteiger charge is -2.07. The van der Waals surface area contributed by atoms with Crippen LogP contribution in [-0.4, -0.2) is 9.97 Å². The Morgan fingerprint density at radius 3 is 2.12 bits per heavy atom. The Labute approximate surface area is 115 Å². The summed E-state index contributed by atoms with van der Waals surface area (Å²) in [5, 5.41) is 0. The Morgan fingerprint density at radius 2 is 1.41 bits per heavy atom. The predicted octanol–water partition coefficient (Wildman–Crippen LogP) is 4.57. The molecule has 0 aliphatic rings. The van der Waals surface area contributed by atoms with Crippen LogP contribution in [0.15, 0.2) is 42.5 Å². The van der Waals surface area contributed by atoms with Gasteiger partial charge in [-0.05, 0) is 18.2 Å². The molecule has 0 radical (unpaired) electrons. The minimum Gasteiger partial charge on any atom is -0.244 e. The van der Waals surface area contributed by atoms with Crippen molar-refractivity contribution in [2.45, 2.75) is 3.74 Å². The van der Waals surface area contributed by atoms with Gasteiger partial charge in [-0.3, -0.25) is 0 Å². The molecule has 0 spiro atoms. The standard InChI is InChI=1S/C13H8Br2N2/c14-13(15)8-4-3-7-11-12(8)17-10-6-2-1-5-9(10)16-11/h1-7,13H. The van der Waals surface area contributed by atoms with Gasteiger partial charge in [0.05, 0.1) is 25.8 Å². The van der Waals surface area contributed by atoms with E-state index in [1.165, 1.54) is 0 Å². The molecule has 1 aromatic heterocycles. The van der Waals surface area contributed by atoms with E-state index in [9.17, 15) is 0 Å². The molecule has 1 heterocycles. The SMILES string of the molecule is BrC(Br)c1cccc2nc3ccccc3nc12. The van der Waals surface area contributed by atoms with Gasteiger partial charge in [0.15, 0.2) is 0 Å². The summed E-state index contributed by atoms with van der Waals surface area (Å²) in [4.78, 5) is 9.29. The largest absolute Gasteiger partial charge is 0.244 e. The van der Waals surface area contributed by atoms with Crippen molar-refractivity contribution in [3.8, 4) is 0 Å². The molecule has 2 nitrogen and oxygen atoms in total. The van der Waals surface area contributed by atoms with Crippen LogP contribution < -0.4 is 0 Å². The van der Waals surface area contributed by atoms with E-state index in [2.05, 4.69) is 41.8 Å². The molecule has 0 N–H and O–H groups in total. The molecule has 0 unspecified atom stereocenters. The van der Waals surface area contributed by atoms with Gasteiger partial charge in [0.2, 0.25) is 0 Å². The topological polar surface area (TPSA) is 25.8 Å². The third kappa shape index (κ3) is 1.96. The van der Waals surface area contributed by atoms with Crippen molar-refractivity contribution in [1.82, 2.24) is 9.97 Å². The number of hydrogen-bond donors (Lipinski definition) is 0. The van der Waals surface area contributed by atoms with Crippen LogP contribution >= 0.6 is 31.9 Å². The fourth-order valence-electron chi connectivity index (χ4n) is 1.84. The molecular formula is C13H8Br2N2. The maximum Gasteiger partial charge on any atom is 0.0968 e. The maximum absolute atomic E-state index is 4.68. The normalized spacial score (nSPS) is 11.5. The molecule has 2 aromatic carbocycles. The first-order valence-corrected chi connectivity index (χ1v) is 7.02. The highest BCUT2D eigenvalue weighted by Gasteiger charge is 2.10. The number of fused-ring (bicyclic) bond motifs is 2. The molecule has 3 rings (SSSR count). The average Bonchev–Trinajstić information content (AvgIpc) is 2.35. The number of rotatable bonds is 1. The van der Waals surface area contributed by atoms with Crippen LogP contribution in [-0.2, 0) is 0 Å². The number of para-hydroxylation sites is 3. The van der Waals surface area contributed by atoms with Crippen molar-refractivity contribution >= 4 is 53.9 Å². The minimum absolute atomic E-state index is 0.0918. The number of aromatic nitrogens is 2. The van der Waals surface area contributed by atoms with Gasteiger partial charge in [-0.15, -0.1) is 0 Å². The van der Waals surface area contributed by atoms with Crippen molar-refractivity contribution < 1.29 is 0 Å². The van der Waals surface area contributed by atoms with Crippen molar-refractivity contribution in [2.24, 2.45) is 0 Å². The second-order valence-electron chi connectivity index (χ2n) is 3.73. The van der Waals surface area contributed by atoms with Crippen molar-refractivity contribution in [2.75, 3.05) is 0 Å². The van der Waals surface area contributed by atoms with Gasteiger partial charge in [0.25, 0.3) is 0 Å². The molecular weight excluding hydrogens is 344 g/mol. The molecule has 3 aromatic rings. The number of hydrogen-bond acceptors (Lipinski definition) is 2. The lowest BCUT2D eigenvalue weighted by molar-refractivity contribution is 1.34. The molecule has 17 heavy (non-hydrogen) atoms. The molecule has 0 atom stereocenters. The molecule has 0 saturated heterocycles. The fourth-order valence-corrected chi connectivity index (χ4v) is 2.58. The number of benzene rings is 2. The summed E-state index contributed by atoms with van der Waals surface area (Å²) in [7, 11) is 0. The molecule has 0 aliphatic carbocycles. The summed E-state index contributed by atoms with van der Waals surface area (Å²) < 4.78 is 0.0918. The predicted molar refractivity (Wildman–Crippen MR) is 77.6 cm³/mol. The minimum atomic E-state index is 0.0918. The van der Waals surface area contributed by atoms with Crippen LogP contribution in [0.4, 0.5) is 0 Å². The number of halogens is 2. The van der Waals surface area contributed by atoms with Crippen LogP contribution in [0, 0.1) is 0 Å². The van der Waals surface area contributed by atoms with Gasteiger partial charge < -0.3 is 0 Å². The summed E-state index contributed by atoms with van der Waals surface area (Å²) in [6.45, 7) is 0. The molecule has 0 bridgehead atoms. The quantitative estimate of drug-likeness (QED) is 0.474. The van der Waals surface area contributed by atoms with E-state index in [-0.39, 0.29) is 3.74 Å². The first kappa shape index (κ1) is 11.1. The zero-order chi connectivity index (χ0) is 11.8. The lowest BCUT2D eigenvalue weighted by Crippen LogP contribution is -1.91. The van der Waals surface area contributed by atoms with Crippen LogP contribution in [0.25, 0.3) is 22.1 Å². The third-order valence-electron chi connectivity index (χ3n) is 2.64. The fraction of sp³-hybridized carbons (Fsp3) is 0.0769. The van der Waals surface area contributed by atoms with E-state index >= 15 is 0 Å². The molecule has 0 fully saturated rings. The van der Waals surface area contributed by atoms with Gasteiger partial charge in [-0.25, -0.2) is 9.97 Å². The van der Waals surface area contributed by atoms with E-state index < -0.39 is 0 Å². The van der Waals surface area contributed by atoms with E-state index in [0.29, 0.717) is 0 Å². The first-order valence-electron chi connectivity index (χ1n) is 5.19. The smallest absolute Gasteiger partial charge is 0.0968 e. The molecule has 0 aliphatic heterocycles. The van der Waals surface area contributed by atoms with Crippen LogP contribution in [0.3, 0.4) is 0 Å². The molecule has 0 amide bonds. The summed E-state index contributed by atoms with van der Waals surface area (Å²) in [6.07, 6.45) is 0. The van der Waals surface area contributed by atoms with Gasteiger partial charge >= 0.3 is 0 Å². The summed E-state index contributed by atoms with van der Waals surface area (Å²) in [5.41, 5.74) is 4.81. The zero-order valence-corrected chi connectivity index (χ0v) is 11.9. The highest BCUT2D eigenvalue weighted by atomic mass is 79.9. The summed E-state index contributed by atoms with van der Waals surface area (Å²) in [6, 6.07) is 13.9. The Hall–Kier alpha value is -1.00. The van der Waals surface area contributed by atoms with Gasteiger partial charge in [-0.2, -0.15) is 0 Å². The lowest BCUT2D eigenvalue weighted by atomic mass is 10.2. The van der Waals surface area contributed by atoms with Gasteiger partial charge in [0.1, 0.15) is 0 Å². The average molecular weight is 352 g/mol. The second-order valence-corrected chi connectivity index (χ2v) is 6.79. The van der Waals surface area contributed by atoms with Crippen molar-refractivity contribution in [3.63, 3.8) is 0 Å². The van der Waals surface area contributed by atoms with E-state index in [1.54, 1.807) is 0 Å². The Morgan fingerprint density at radius 1 is 0.765 bits per heavy atom. The molecule has 0 saturated carbocycles.